The molecule has 134 valence electrons. The van der Waals surface area contributed by atoms with Crippen LogP contribution in [0, 0.1) is 17.8 Å². The minimum Gasteiger partial charge on any atom is -0.456 e. The Labute approximate surface area is 146 Å². The molecule has 1 aliphatic heterocycles. The first-order valence-corrected chi connectivity index (χ1v) is 8.98. The summed E-state index contributed by atoms with van der Waals surface area (Å²) < 4.78 is 15.7. The molecule has 2 fully saturated rings. The quantitative estimate of drug-likeness (QED) is 0.802. The third kappa shape index (κ3) is 3.72. The van der Waals surface area contributed by atoms with E-state index in [1.165, 1.54) is 19.3 Å². The van der Waals surface area contributed by atoms with E-state index in [2.05, 4.69) is 5.32 Å². The Kier molecular flexibility index (Phi) is 4.51. The molecule has 0 spiro atoms. The number of ether oxygens (including phenoxy) is 3. The molecule has 3 aliphatic rings. The first-order valence-electron chi connectivity index (χ1n) is 8.98. The summed E-state index contributed by atoms with van der Waals surface area (Å²) in [5.41, 5.74) is 0.908. The van der Waals surface area contributed by atoms with Crippen LogP contribution in [0.1, 0.15) is 37.7 Å². The first kappa shape index (κ1) is 16.2. The summed E-state index contributed by atoms with van der Waals surface area (Å²) in [5.74, 6) is 2.82. The molecule has 2 bridgehead atoms. The Morgan fingerprint density at radius 3 is 2.84 bits per heavy atom. The fourth-order valence-electron chi connectivity index (χ4n) is 4.35. The highest BCUT2D eigenvalue weighted by molar-refractivity contribution is 5.80. The van der Waals surface area contributed by atoms with Crippen LogP contribution in [0.4, 0.5) is 0 Å². The Morgan fingerprint density at radius 1 is 1.16 bits per heavy atom. The molecule has 1 amide bonds. The lowest BCUT2D eigenvalue weighted by Crippen LogP contribution is -2.29. The van der Waals surface area contributed by atoms with Gasteiger partial charge in [0, 0.05) is 13.0 Å². The van der Waals surface area contributed by atoms with Gasteiger partial charge in [-0.2, -0.15) is 0 Å². The SMILES string of the molecule is O=C(COC(=O)C[C@@H]1C[C@H]2CC[C@@H]1C2)NCc1ccc2c(c1)OCO2. The maximum absolute atomic E-state index is 11.9. The molecule has 25 heavy (non-hydrogen) atoms. The van der Waals surface area contributed by atoms with Gasteiger partial charge in [0.25, 0.3) is 5.91 Å². The van der Waals surface area contributed by atoms with Crippen LogP contribution in [0.2, 0.25) is 0 Å². The van der Waals surface area contributed by atoms with Crippen molar-refractivity contribution in [1.82, 2.24) is 5.32 Å². The van der Waals surface area contributed by atoms with E-state index < -0.39 is 0 Å². The second kappa shape index (κ2) is 6.94. The summed E-state index contributed by atoms with van der Waals surface area (Å²) in [4.78, 5) is 23.8. The third-order valence-corrected chi connectivity index (χ3v) is 5.60. The van der Waals surface area contributed by atoms with Gasteiger partial charge in [-0.3, -0.25) is 9.59 Å². The number of rotatable bonds is 6. The largest absolute Gasteiger partial charge is 0.456 e. The number of hydrogen-bond acceptors (Lipinski definition) is 5. The molecular weight excluding hydrogens is 322 g/mol. The van der Waals surface area contributed by atoms with E-state index in [-0.39, 0.29) is 25.3 Å². The van der Waals surface area contributed by atoms with Crippen molar-refractivity contribution in [3.05, 3.63) is 23.8 Å². The summed E-state index contributed by atoms with van der Waals surface area (Å²) in [6.07, 6.45) is 5.44. The smallest absolute Gasteiger partial charge is 0.306 e. The van der Waals surface area contributed by atoms with Crippen LogP contribution in [0.25, 0.3) is 0 Å². The number of fused-ring (bicyclic) bond motifs is 3. The van der Waals surface area contributed by atoms with Crippen LogP contribution in [-0.2, 0) is 20.9 Å². The van der Waals surface area contributed by atoms with Gasteiger partial charge in [-0.15, -0.1) is 0 Å². The summed E-state index contributed by atoms with van der Waals surface area (Å²) in [5, 5.41) is 2.75. The van der Waals surface area contributed by atoms with Crippen molar-refractivity contribution >= 4 is 11.9 Å². The van der Waals surface area contributed by atoms with Gasteiger partial charge < -0.3 is 19.5 Å². The van der Waals surface area contributed by atoms with Crippen molar-refractivity contribution in [1.29, 1.82) is 0 Å². The van der Waals surface area contributed by atoms with E-state index in [9.17, 15) is 9.59 Å². The molecule has 4 rings (SSSR count). The highest BCUT2D eigenvalue weighted by Crippen LogP contribution is 2.49. The zero-order chi connectivity index (χ0) is 17.2. The van der Waals surface area contributed by atoms with E-state index in [1.54, 1.807) is 0 Å². The van der Waals surface area contributed by atoms with Crippen molar-refractivity contribution in [3.8, 4) is 11.5 Å². The van der Waals surface area contributed by atoms with E-state index in [4.69, 9.17) is 14.2 Å². The minimum absolute atomic E-state index is 0.218. The molecule has 0 aromatic heterocycles. The molecule has 1 heterocycles. The first-order chi connectivity index (χ1) is 12.2. The molecule has 6 heteroatoms. The van der Waals surface area contributed by atoms with Crippen LogP contribution >= 0.6 is 0 Å². The second-order valence-corrected chi connectivity index (χ2v) is 7.26. The molecular formula is C19H23NO5. The molecule has 3 atom stereocenters. The van der Waals surface area contributed by atoms with Crippen molar-refractivity contribution in [2.45, 2.75) is 38.6 Å². The molecule has 1 aromatic carbocycles. The standard InChI is InChI=1S/C19H23NO5/c21-18(20-9-13-2-4-16-17(7-13)25-11-24-16)10-23-19(22)8-15-6-12-1-3-14(15)5-12/h2,4,7,12,14-15H,1,3,5-6,8-11H2,(H,20,21)/t12-,14+,15-/m0/s1. The summed E-state index contributed by atoms with van der Waals surface area (Å²) in [6.45, 7) is 0.368. The van der Waals surface area contributed by atoms with Crippen LogP contribution in [0.5, 0.6) is 11.5 Å². The van der Waals surface area contributed by atoms with E-state index in [0.29, 0.717) is 36.3 Å². The van der Waals surface area contributed by atoms with Gasteiger partial charge >= 0.3 is 5.97 Å². The predicted octanol–water partition coefficient (Wildman–Crippen LogP) is 2.40. The van der Waals surface area contributed by atoms with Gasteiger partial charge in [-0.25, -0.2) is 0 Å². The molecule has 1 N–H and O–H groups in total. The Hall–Kier alpha value is -2.24. The number of hydrogen-bond donors (Lipinski definition) is 1. The number of benzene rings is 1. The van der Waals surface area contributed by atoms with Crippen LogP contribution < -0.4 is 14.8 Å². The number of amides is 1. The maximum Gasteiger partial charge on any atom is 0.306 e. The van der Waals surface area contributed by atoms with Crippen LogP contribution in [-0.4, -0.2) is 25.3 Å². The lowest BCUT2D eigenvalue weighted by molar-refractivity contribution is -0.149. The Bertz CT molecular complexity index is 674. The molecule has 2 aliphatic carbocycles. The van der Waals surface area contributed by atoms with Gasteiger partial charge in [0.2, 0.25) is 6.79 Å². The average molecular weight is 345 g/mol. The normalized spacial score (nSPS) is 25.8. The van der Waals surface area contributed by atoms with E-state index >= 15 is 0 Å². The zero-order valence-corrected chi connectivity index (χ0v) is 14.2. The van der Waals surface area contributed by atoms with Crippen molar-refractivity contribution < 1.29 is 23.8 Å². The highest BCUT2D eigenvalue weighted by Gasteiger charge is 2.40. The lowest BCUT2D eigenvalue weighted by Gasteiger charge is -2.20. The molecule has 0 radical (unpaired) electrons. The Morgan fingerprint density at radius 2 is 2.04 bits per heavy atom. The third-order valence-electron chi connectivity index (χ3n) is 5.60. The highest BCUT2D eigenvalue weighted by atomic mass is 16.7. The predicted molar refractivity (Wildman–Crippen MR) is 88.9 cm³/mol. The summed E-state index contributed by atoms with van der Waals surface area (Å²) >= 11 is 0. The second-order valence-electron chi connectivity index (χ2n) is 7.26. The maximum atomic E-state index is 11.9. The number of nitrogens with one attached hydrogen (secondary N) is 1. The zero-order valence-electron chi connectivity index (χ0n) is 14.2. The van der Waals surface area contributed by atoms with Crippen molar-refractivity contribution in [2.24, 2.45) is 17.8 Å². The van der Waals surface area contributed by atoms with E-state index in [0.717, 1.165) is 17.9 Å². The number of carbonyl (C=O) groups excluding carboxylic acids is 2. The molecule has 1 aromatic rings. The fourth-order valence-corrected chi connectivity index (χ4v) is 4.35. The average Bonchev–Trinajstić information content (AvgIpc) is 3.33. The topological polar surface area (TPSA) is 73.9 Å². The molecule has 0 saturated heterocycles. The number of carbonyl (C=O) groups is 2. The van der Waals surface area contributed by atoms with Gasteiger partial charge in [0.1, 0.15) is 0 Å². The monoisotopic (exact) mass is 345 g/mol. The number of esters is 1. The van der Waals surface area contributed by atoms with E-state index in [1.807, 2.05) is 18.2 Å². The van der Waals surface area contributed by atoms with Gasteiger partial charge in [0.05, 0.1) is 0 Å². The van der Waals surface area contributed by atoms with Crippen molar-refractivity contribution in [3.63, 3.8) is 0 Å². The minimum atomic E-state index is -0.293. The summed E-state index contributed by atoms with van der Waals surface area (Å²) in [7, 11) is 0. The lowest BCUT2D eigenvalue weighted by atomic mass is 9.86. The molecule has 0 unspecified atom stereocenters. The van der Waals surface area contributed by atoms with Crippen molar-refractivity contribution in [2.75, 3.05) is 13.4 Å². The van der Waals surface area contributed by atoms with Gasteiger partial charge in [0.15, 0.2) is 18.1 Å². The van der Waals surface area contributed by atoms with Crippen LogP contribution in [0.3, 0.4) is 0 Å². The molecule has 2 saturated carbocycles. The molecule has 6 nitrogen and oxygen atoms in total. The Balaban J connectivity index is 1.17. The van der Waals surface area contributed by atoms with Crippen LogP contribution in [0.15, 0.2) is 18.2 Å². The van der Waals surface area contributed by atoms with Gasteiger partial charge in [-0.05, 0) is 54.7 Å². The summed E-state index contributed by atoms with van der Waals surface area (Å²) in [6, 6.07) is 5.53. The fraction of sp³-hybridized carbons (Fsp3) is 0.579. The van der Waals surface area contributed by atoms with Gasteiger partial charge in [-0.1, -0.05) is 12.5 Å².